The van der Waals surface area contributed by atoms with Gasteiger partial charge in [0.2, 0.25) is 5.91 Å². The maximum absolute atomic E-state index is 13.2. The number of anilines is 1. The van der Waals surface area contributed by atoms with Gasteiger partial charge in [-0.15, -0.1) is 0 Å². The predicted molar refractivity (Wildman–Crippen MR) is 128 cm³/mol. The summed E-state index contributed by atoms with van der Waals surface area (Å²) in [5.74, 6) is -1.48. The number of ether oxygens (including phenoxy) is 1. The van der Waals surface area contributed by atoms with E-state index in [1.807, 2.05) is 0 Å². The number of thioether (sulfide) groups is 1. The number of carbonyl (C=O) groups excluding carboxylic acids is 2. The molecule has 0 aliphatic carbocycles. The lowest BCUT2D eigenvalue weighted by Crippen LogP contribution is -2.37. The average molecular weight is 520 g/mol. The molecule has 2 heterocycles. The molecule has 2 aliphatic rings. The highest BCUT2D eigenvalue weighted by atomic mass is 32.2. The molecule has 2 aromatic rings. The van der Waals surface area contributed by atoms with Gasteiger partial charge in [-0.1, -0.05) is 23.9 Å². The Hall–Kier alpha value is -3.60. The van der Waals surface area contributed by atoms with Crippen LogP contribution in [0.4, 0.5) is 23.2 Å². The van der Waals surface area contributed by atoms with Crippen molar-refractivity contribution in [2.75, 3.05) is 11.9 Å². The fraction of sp³-hybridized carbons (Fsp3) is 0.240. The molecule has 11 heteroatoms. The maximum atomic E-state index is 13.2. The first kappa shape index (κ1) is 25.5. The molecule has 0 bridgehead atoms. The smallest absolute Gasteiger partial charge is 0.416 e. The van der Waals surface area contributed by atoms with Crippen LogP contribution in [0.3, 0.4) is 0 Å². The highest BCUT2D eigenvalue weighted by Crippen LogP contribution is 2.45. The molecule has 1 N–H and O–H groups in total. The number of allylic oxidation sites excluding steroid dienone is 1. The topological polar surface area (TPSA) is 71.0 Å². The third-order valence-corrected chi connectivity index (χ3v) is 6.41. The molecule has 188 valence electrons. The van der Waals surface area contributed by atoms with Crippen molar-refractivity contribution in [3.63, 3.8) is 0 Å². The van der Waals surface area contributed by atoms with Crippen LogP contribution in [0.2, 0.25) is 0 Å². The van der Waals surface area contributed by atoms with E-state index >= 15 is 0 Å². The zero-order valence-corrected chi connectivity index (χ0v) is 20.0. The minimum Gasteiger partial charge on any atom is -0.463 e. The van der Waals surface area contributed by atoms with E-state index in [1.165, 1.54) is 48.2 Å². The maximum Gasteiger partial charge on any atom is 0.416 e. The molecule has 0 saturated heterocycles. The molecule has 2 aromatic carbocycles. The number of halogens is 4. The van der Waals surface area contributed by atoms with Gasteiger partial charge in [0, 0.05) is 11.4 Å². The van der Waals surface area contributed by atoms with Gasteiger partial charge in [-0.25, -0.2) is 14.2 Å². The number of esters is 1. The molecule has 0 fully saturated rings. The monoisotopic (exact) mass is 519 g/mol. The van der Waals surface area contributed by atoms with Gasteiger partial charge in [-0.2, -0.15) is 13.2 Å². The van der Waals surface area contributed by atoms with Crippen LogP contribution in [0.5, 0.6) is 0 Å². The van der Waals surface area contributed by atoms with Crippen LogP contribution in [-0.4, -0.2) is 28.6 Å². The highest BCUT2D eigenvalue weighted by molar-refractivity contribution is 8.16. The Morgan fingerprint density at radius 3 is 2.39 bits per heavy atom. The molecule has 2 aliphatic heterocycles. The predicted octanol–water partition coefficient (Wildman–Crippen LogP) is 6.01. The first-order chi connectivity index (χ1) is 17.1. The Morgan fingerprint density at radius 2 is 1.78 bits per heavy atom. The van der Waals surface area contributed by atoms with Gasteiger partial charge in [-0.05, 0) is 61.2 Å². The van der Waals surface area contributed by atoms with Gasteiger partial charge in [0.1, 0.15) is 5.82 Å². The number of nitrogens with zero attached hydrogens (tertiary/aromatic N) is 2. The number of amides is 1. The molecule has 1 atom stereocenters. The summed E-state index contributed by atoms with van der Waals surface area (Å²) in [7, 11) is 0. The number of rotatable bonds is 6. The van der Waals surface area contributed by atoms with Gasteiger partial charge in [-0.3, -0.25) is 4.79 Å². The lowest BCUT2D eigenvalue weighted by atomic mass is 9.93. The second-order valence-corrected chi connectivity index (χ2v) is 8.80. The summed E-state index contributed by atoms with van der Waals surface area (Å²) in [6, 6.07) is 8.96. The summed E-state index contributed by atoms with van der Waals surface area (Å²) in [4.78, 5) is 31.8. The van der Waals surface area contributed by atoms with Crippen molar-refractivity contribution in [3.05, 3.63) is 87.9 Å². The number of fused-ring (bicyclic) bond motifs is 1. The normalized spacial score (nSPS) is 17.4. The minimum absolute atomic E-state index is 0.101. The SMILES string of the molecule is CCOC(=O)C1=C(C)N=C2SC=C(CC(=O)Nc3ccc(F)cc3)N2C1c1ccc(C(F)(F)F)cc1. The van der Waals surface area contributed by atoms with Crippen molar-refractivity contribution in [2.45, 2.75) is 32.5 Å². The van der Waals surface area contributed by atoms with E-state index in [2.05, 4.69) is 10.3 Å². The van der Waals surface area contributed by atoms with Crippen molar-refractivity contribution in [3.8, 4) is 0 Å². The average Bonchev–Trinajstić information content (AvgIpc) is 3.21. The van der Waals surface area contributed by atoms with E-state index in [0.29, 0.717) is 27.8 Å². The molecule has 0 aromatic heterocycles. The molecule has 4 rings (SSSR count). The first-order valence-corrected chi connectivity index (χ1v) is 11.8. The van der Waals surface area contributed by atoms with Crippen LogP contribution in [-0.2, 0) is 20.5 Å². The van der Waals surface area contributed by atoms with Crippen molar-refractivity contribution in [1.29, 1.82) is 0 Å². The van der Waals surface area contributed by atoms with E-state index < -0.39 is 35.5 Å². The molecule has 1 unspecified atom stereocenters. The van der Waals surface area contributed by atoms with Crippen LogP contribution in [0.15, 0.2) is 75.9 Å². The van der Waals surface area contributed by atoms with E-state index in [9.17, 15) is 27.2 Å². The summed E-state index contributed by atoms with van der Waals surface area (Å²) in [6.45, 7) is 3.38. The Morgan fingerprint density at radius 1 is 1.11 bits per heavy atom. The third-order valence-electron chi connectivity index (χ3n) is 5.52. The van der Waals surface area contributed by atoms with Crippen molar-refractivity contribution in [2.24, 2.45) is 4.99 Å². The van der Waals surface area contributed by atoms with Crippen LogP contribution in [0.1, 0.15) is 37.4 Å². The molecule has 6 nitrogen and oxygen atoms in total. The molecular formula is C25H21F4N3O3S. The standard InChI is InChI=1S/C25H21F4N3O3S/c1-3-35-23(34)21-14(2)30-24-32(22(21)15-4-6-16(7-5-15)25(27,28)29)19(13-36-24)12-20(33)31-18-10-8-17(26)9-11-18/h4-11,13,22H,3,12H2,1-2H3,(H,31,33). The second-order valence-electron chi connectivity index (χ2n) is 7.97. The van der Waals surface area contributed by atoms with Gasteiger partial charge in [0.25, 0.3) is 0 Å². The lowest BCUT2D eigenvalue weighted by Gasteiger charge is -2.36. The highest BCUT2D eigenvalue weighted by Gasteiger charge is 2.41. The number of hydrogen-bond donors (Lipinski definition) is 1. The number of amidine groups is 1. The van der Waals surface area contributed by atoms with Crippen LogP contribution >= 0.6 is 11.8 Å². The van der Waals surface area contributed by atoms with Gasteiger partial charge < -0.3 is 15.0 Å². The summed E-state index contributed by atoms with van der Waals surface area (Å²) in [6.07, 6.45) is -4.63. The van der Waals surface area contributed by atoms with Crippen molar-refractivity contribution in [1.82, 2.24) is 4.90 Å². The molecule has 36 heavy (non-hydrogen) atoms. The lowest BCUT2D eigenvalue weighted by molar-refractivity contribution is -0.139. The Balaban J connectivity index is 1.67. The molecule has 0 spiro atoms. The fourth-order valence-corrected chi connectivity index (χ4v) is 4.88. The number of benzene rings is 2. The van der Waals surface area contributed by atoms with E-state index in [-0.39, 0.29) is 18.6 Å². The largest absolute Gasteiger partial charge is 0.463 e. The number of alkyl halides is 3. The van der Waals surface area contributed by atoms with Crippen molar-refractivity contribution >= 4 is 34.5 Å². The van der Waals surface area contributed by atoms with E-state index in [1.54, 1.807) is 24.2 Å². The Labute approximate surface area is 208 Å². The number of hydrogen-bond acceptors (Lipinski definition) is 6. The molecule has 0 saturated carbocycles. The van der Waals surface area contributed by atoms with Crippen LogP contribution < -0.4 is 5.32 Å². The quantitative estimate of drug-likeness (QED) is 0.374. The molecule has 0 radical (unpaired) electrons. The zero-order chi connectivity index (χ0) is 26.0. The van der Waals surface area contributed by atoms with Gasteiger partial charge in [0.15, 0.2) is 5.17 Å². The van der Waals surface area contributed by atoms with E-state index in [0.717, 1.165) is 12.1 Å². The molecular weight excluding hydrogens is 498 g/mol. The summed E-state index contributed by atoms with van der Waals surface area (Å²) < 4.78 is 57.9. The second kappa shape index (κ2) is 10.2. The fourth-order valence-electron chi connectivity index (χ4n) is 3.91. The summed E-state index contributed by atoms with van der Waals surface area (Å²) in [5.41, 5.74) is 1.04. The summed E-state index contributed by atoms with van der Waals surface area (Å²) >= 11 is 1.24. The Kier molecular flexibility index (Phi) is 7.21. The summed E-state index contributed by atoms with van der Waals surface area (Å²) in [5, 5.41) is 4.87. The zero-order valence-electron chi connectivity index (χ0n) is 19.2. The number of carbonyl (C=O) groups is 2. The van der Waals surface area contributed by atoms with Crippen molar-refractivity contribution < 1.29 is 31.9 Å². The van der Waals surface area contributed by atoms with Crippen LogP contribution in [0, 0.1) is 5.82 Å². The molecule has 1 amide bonds. The Bertz CT molecular complexity index is 1270. The van der Waals surface area contributed by atoms with Gasteiger partial charge in [0.05, 0.1) is 35.9 Å². The first-order valence-electron chi connectivity index (χ1n) is 10.9. The number of aliphatic imine (C=N–C) groups is 1. The van der Waals surface area contributed by atoms with Crippen LogP contribution in [0.25, 0.3) is 0 Å². The third kappa shape index (κ3) is 5.30. The number of nitrogens with one attached hydrogen (secondary N) is 1. The minimum atomic E-state index is -4.51. The van der Waals surface area contributed by atoms with E-state index in [4.69, 9.17) is 4.74 Å². The van der Waals surface area contributed by atoms with Gasteiger partial charge >= 0.3 is 12.1 Å².